The molecular formula is C21H15ClFN5O2. The number of halogens is 2. The van der Waals surface area contributed by atoms with Crippen molar-refractivity contribution in [2.75, 3.05) is 5.32 Å². The second kappa shape index (κ2) is 8.30. The Kier molecular flexibility index (Phi) is 5.40. The van der Waals surface area contributed by atoms with Crippen LogP contribution < -0.4 is 10.1 Å². The number of aromatic nitrogens is 4. The lowest BCUT2D eigenvalue weighted by molar-refractivity contribution is 0.102. The van der Waals surface area contributed by atoms with E-state index in [-0.39, 0.29) is 10.6 Å². The van der Waals surface area contributed by atoms with Crippen LogP contribution >= 0.6 is 11.6 Å². The lowest BCUT2D eigenvalue weighted by Crippen LogP contribution is -2.12. The summed E-state index contributed by atoms with van der Waals surface area (Å²) in [6.45, 7) is 1.76. The van der Waals surface area contributed by atoms with Gasteiger partial charge in [0.2, 0.25) is 5.88 Å². The van der Waals surface area contributed by atoms with Crippen LogP contribution in [0.25, 0.3) is 5.82 Å². The molecule has 0 saturated heterocycles. The molecule has 0 unspecified atom stereocenters. The van der Waals surface area contributed by atoms with Crippen LogP contribution in [-0.4, -0.2) is 25.7 Å². The van der Waals surface area contributed by atoms with Gasteiger partial charge < -0.3 is 10.1 Å². The van der Waals surface area contributed by atoms with Crippen molar-refractivity contribution in [3.8, 4) is 17.4 Å². The van der Waals surface area contributed by atoms with E-state index >= 15 is 0 Å². The molecule has 0 aliphatic carbocycles. The molecule has 0 aliphatic rings. The highest BCUT2D eigenvalue weighted by molar-refractivity contribution is 6.34. The Morgan fingerprint density at radius 3 is 2.63 bits per heavy atom. The third-order valence-electron chi connectivity index (χ3n) is 4.05. The summed E-state index contributed by atoms with van der Waals surface area (Å²) in [5.74, 6) is 1.07. The first-order chi connectivity index (χ1) is 14.5. The van der Waals surface area contributed by atoms with Gasteiger partial charge in [-0.25, -0.2) is 14.1 Å². The van der Waals surface area contributed by atoms with Gasteiger partial charge in [0.05, 0.1) is 10.6 Å². The monoisotopic (exact) mass is 423 g/mol. The second-order valence-corrected chi connectivity index (χ2v) is 6.67. The van der Waals surface area contributed by atoms with Crippen molar-refractivity contribution >= 4 is 23.2 Å². The van der Waals surface area contributed by atoms with E-state index in [2.05, 4.69) is 20.4 Å². The standard InChI is InChI=1S/C21H15ClFN5O2/c1-13-25-19(28-10-2-9-24-28)12-20(26-13)30-16-6-4-15(5-7-16)27-21(29)17-8-3-14(23)11-18(17)22/h2-12H,1H3,(H,27,29). The Morgan fingerprint density at radius 2 is 1.93 bits per heavy atom. The predicted molar refractivity (Wildman–Crippen MR) is 110 cm³/mol. The molecule has 0 saturated carbocycles. The zero-order valence-electron chi connectivity index (χ0n) is 15.7. The van der Waals surface area contributed by atoms with Crippen molar-refractivity contribution in [1.82, 2.24) is 19.7 Å². The lowest BCUT2D eigenvalue weighted by atomic mass is 10.2. The lowest BCUT2D eigenvalue weighted by Gasteiger charge is -2.10. The Balaban J connectivity index is 1.47. The summed E-state index contributed by atoms with van der Waals surface area (Å²) in [6, 6.07) is 13.8. The van der Waals surface area contributed by atoms with Crippen molar-refractivity contribution in [3.05, 3.63) is 89.2 Å². The maximum atomic E-state index is 13.1. The second-order valence-electron chi connectivity index (χ2n) is 6.27. The summed E-state index contributed by atoms with van der Waals surface area (Å²) in [5, 5.41) is 6.90. The number of ether oxygens (including phenoxy) is 1. The number of rotatable bonds is 5. The minimum absolute atomic E-state index is 0.0413. The average molecular weight is 424 g/mol. The minimum Gasteiger partial charge on any atom is -0.439 e. The maximum absolute atomic E-state index is 13.1. The molecule has 0 bridgehead atoms. The molecule has 2 aromatic carbocycles. The third kappa shape index (κ3) is 4.44. The number of nitrogens with one attached hydrogen (secondary N) is 1. The van der Waals surface area contributed by atoms with E-state index in [1.807, 2.05) is 0 Å². The highest BCUT2D eigenvalue weighted by Gasteiger charge is 2.12. The third-order valence-corrected chi connectivity index (χ3v) is 4.36. The summed E-state index contributed by atoms with van der Waals surface area (Å²) < 4.78 is 20.6. The number of carbonyl (C=O) groups is 1. The van der Waals surface area contributed by atoms with Gasteiger partial charge in [-0.1, -0.05) is 11.6 Å². The fraction of sp³-hybridized carbons (Fsp3) is 0.0476. The van der Waals surface area contributed by atoms with Gasteiger partial charge in [0.25, 0.3) is 5.91 Å². The molecule has 1 amide bonds. The molecule has 0 fully saturated rings. The zero-order chi connectivity index (χ0) is 21.1. The molecule has 4 aromatic rings. The number of hydrogen-bond donors (Lipinski definition) is 1. The average Bonchev–Trinajstić information content (AvgIpc) is 3.24. The highest BCUT2D eigenvalue weighted by Crippen LogP contribution is 2.24. The number of aryl methyl sites for hydroxylation is 1. The maximum Gasteiger partial charge on any atom is 0.257 e. The van der Waals surface area contributed by atoms with Gasteiger partial charge in [-0.15, -0.1) is 0 Å². The van der Waals surface area contributed by atoms with Gasteiger partial charge in [0.1, 0.15) is 17.4 Å². The molecule has 7 nitrogen and oxygen atoms in total. The van der Waals surface area contributed by atoms with Crippen LogP contribution in [0, 0.1) is 12.7 Å². The van der Waals surface area contributed by atoms with E-state index in [1.54, 1.807) is 60.4 Å². The Hall–Kier alpha value is -3.78. The van der Waals surface area contributed by atoms with Crippen LogP contribution in [0.2, 0.25) is 5.02 Å². The molecular weight excluding hydrogens is 409 g/mol. The minimum atomic E-state index is -0.506. The van der Waals surface area contributed by atoms with Gasteiger partial charge in [-0.2, -0.15) is 10.1 Å². The molecule has 150 valence electrons. The van der Waals surface area contributed by atoms with Crippen LogP contribution in [0.1, 0.15) is 16.2 Å². The van der Waals surface area contributed by atoms with E-state index in [9.17, 15) is 9.18 Å². The molecule has 1 N–H and O–H groups in total. The number of hydrogen-bond acceptors (Lipinski definition) is 5. The van der Waals surface area contributed by atoms with Crippen molar-refractivity contribution in [1.29, 1.82) is 0 Å². The van der Waals surface area contributed by atoms with E-state index in [0.29, 0.717) is 29.0 Å². The summed E-state index contributed by atoms with van der Waals surface area (Å²) in [7, 11) is 0. The van der Waals surface area contributed by atoms with Crippen molar-refractivity contribution in [3.63, 3.8) is 0 Å². The number of anilines is 1. The van der Waals surface area contributed by atoms with Crippen molar-refractivity contribution in [2.24, 2.45) is 0 Å². The molecule has 0 radical (unpaired) electrons. The van der Waals surface area contributed by atoms with Crippen molar-refractivity contribution in [2.45, 2.75) is 6.92 Å². The first-order valence-corrected chi connectivity index (χ1v) is 9.26. The molecule has 0 aliphatic heterocycles. The van der Waals surface area contributed by atoms with Gasteiger partial charge >= 0.3 is 0 Å². The summed E-state index contributed by atoms with van der Waals surface area (Å²) in [5.41, 5.74) is 0.713. The van der Waals surface area contributed by atoms with Crippen LogP contribution in [-0.2, 0) is 0 Å². The first kappa shape index (κ1) is 19.5. The van der Waals surface area contributed by atoms with E-state index in [1.165, 1.54) is 12.1 Å². The number of benzene rings is 2. The quantitative estimate of drug-likeness (QED) is 0.498. The van der Waals surface area contributed by atoms with Crippen LogP contribution in [0.15, 0.2) is 67.0 Å². The zero-order valence-corrected chi connectivity index (χ0v) is 16.5. The predicted octanol–water partition coefficient (Wildman–Crippen LogP) is 4.81. The summed E-state index contributed by atoms with van der Waals surface area (Å²) >= 11 is 5.93. The topological polar surface area (TPSA) is 81.9 Å². The van der Waals surface area contributed by atoms with Crippen LogP contribution in [0.5, 0.6) is 11.6 Å². The summed E-state index contributed by atoms with van der Waals surface area (Å²) in [6.07, 6.45) is 3.43. The Morgan fingerprint density at radius 1 is 1.13 bits per heavy atom. The van der Waals surface area contributed by atoms with E-state index in [0.717, 1.165) is 6.07 Å². The molecule has 9 heteroatoms. The molecule has 2 aromatic heterocycles. The van der Waals surface area contributed by atoms with Gasteiger partial charge in [-0.05, 0) is 55.5 Å². The molecule has 0 atom stereocenters. The Labute approximate surface area is 176 Å². The van der Waals surface area contributed by atoms with Gasteiger partial charge in [0.15, 0.2) is 5.82 Å². The van der Waals surface area contributed by atoms with Crippen molar-refractivity contribution < 1.29 is 13.9 Å². The fourth-order valence-electron chi connectivity index (χ4n) is 2.70. The van der Waals surface area contributed by atoms with Crippen LogP contribution in [0.4, 0.5) is 10.1 Å². The molecule has 30 heavy (non-hydrogen) atoms. The van der Waals surface area contributed by atoms with Crippen LogP contribution in [0.3, 0.4) is 0 Å². The number of nitrogens with zero attached hydrogens (tertiary/aromatic N) is 4. The fourth-order valence-corrected chi connectivity index (χ4v) is 2.95. The smallest absolute Gasteiger partial charge is 0.257 e. The summed E-state index contributed by atoms with van der Waals surface area (Å²) in [4.78, 5) is 20.9. The molecule has 2 heterocycles. The molecule has 0 spiro atoms. The van der Waals surface area contributed by atoms with Gasteiger partial charge in [0, 0.05) is 24.1 Å². The van der Waals surface area contributed by atoms with E-state index < -0.39 is 11.7 Å². The van der Waals surface area contributed by atoms with Gasteiger partial charge in [-0.3, -0.25) is 4.79 Å². The SMILES string of the molecule is Cc1nc(Oc2ccc(NC(=O)c3ccc(F)cc3Cl)cc2)cc(-n2cccn2)n1. The normalized spacial score (nSPS) is 10.6. The first-order valence-electron chi connectivity index (χ1n) is 8.88. The Bertz CT molecular complexity index is 1200. The highest BCUT2D eigenvalue weighted by atomic mass is 35.5. The number of carbonyl (C=O) groups excluding carboxylic acids is 1. The number of amides is 1. The molecule has 4 rings (SSSR count). The van der Waals surface area contributed by atoms with E-state index in [4.69, 9.17) is 16.3 Å². The largest absolute Gasteiger partial charge is 0.439 e.